The third kappa shape index (κ3) is 97.3. The van der Waals surface area contributed by atoms with E-state index in [0.717, 1.165) is 26.2 Å². The number of hydrogen-bond acceptors (Lipinski definition) is 2. The minimum Gasteiger partial charge on any atom is -0.668 e. The van der Waals surface area contributed by atoms with Crippen LogP contribution in [0, 0.1) is 0 Å². The molecule has 0 aromatic heterocycles. The van der Waals surface area contributed by atoms with Crippen LogP contribution in [-0.2, 0) is 21.7 Å². The van der Waals surface area contributed by atoms with Gasteiger partial charge in [0.2, 0.25) is 0 Å². The first-order chi connectivity index (χ1) is 9.37. The van der Waals surface area contributed by atoms with Crippen molar-refractivity contribution in [2.24, 2.45) is 0 Å². The van der Waals surface area contributed by atoms with Gasteiger partial charge in [-0.2, -0.15) is 42.3 Å². The first kappa shape index (κ1) is 33.2. The van der Waals surface area contributed by atoms with Crippen LogP contribution >= 0.6 is 0 Å². The summed E-state index contributed by atoms with van der Waals surface area (Å²) < 4.78 is 0. The van der Waals surface area contributed by atoms with Crippen LogP contribution in [0.1, 0.15) is 0 Å². The van der Waals surface area contributed by atoms with E-state index in [9.17, 15) is 0 Å². The van der Waals surface area contributed by atoms with Gasteiger partial charge in [-0.1, -0.05) is 0 Å². The van der Waals surface area contributed by atoms with Gasteiger partial charge < -0.3 is 31.1 Å². The Morgan fingerprint density at radius 1 is 0.571 bits per heavy atom. The minimum absolute atomic E-state index is 0. The number of likely N-dealkylation sites (N-methyl/N-ethyl adjacent to an activating group) is 4. The smallest absolute Gasteiger partial charge is 0 e. The van der Waals surface area contributed by atoms with E-state index in [-0.39, 0.29) is 21.7 Å². The zero-order valence-corrected chi connectivity index (χ0v) is 17.6. The van der Waals surface area contributed by atoms with Gasteiger partial charge in [0.15, 0.2) is 0 Å². The molecule has 132 valence electrons. The summed E-state index contributed by atoms with van der Waals surface area (Å²) in [4.78, 5) is 4.24. The predicted octanol–water partition coefficient (Wildman–Crippen LogP) is 2.34. The van der Waals surface area contributed by atoms with Crippen molar-refractivity contribution in [3.05, 3.63) is 21.3 Å². The van der Waals surface area contributed by atoms with Crippen LogP contribution in [0.4, 0.5) is 0 Å². The Morgan fingerprint density at radius 2 is 0.762 bits per heavy atom. The van der Waals surface area contributed by atoms with Crippen molar-refractivity contribution in [1.29, 1.82) is 0 Å². The molecular formula is C14H38N6Ti-4. The van der Waals surface area contributed by atoms with Gasteiger partial charge in [0.05, 0.1) is 0 Å². The van der Waals surface area contributed by atoms with Gasteiger partial charge in [-0.15, -0.1) is 13.1 Å². The minimum atomic E-state index is 0. The maximum Gasteiger partial charge on any atom is 0 e. The molecule has 6 nitrogen and oxygen atoms in total. The fourth-order valence-corrected chi connectivity index (χ4v) is 0.600. The quantitative estimate of drug-likeness (QED) is 0.698. The standard InChI is InChI=1S/2C5H13N2.2C2H6N.Ti/c2*1-6-4-5-7(2)3;2*1-3-2;/h2*4-5H2,1-3H3;2*1-2H3;/q4*-1;. The first-order valence-corrected chi connectivity index (χ1v) is 6.74. The average molecular weight is 338 g/mol. The molecule has 0 aliphatic heterocycles. The zero-order chi connectivity index (χ0) is 16.8. The molecule has 0 bridgehead atoms. The van der Waals surface area contributed by atoms with Crippen LogP contribution in [0.25, 0.3) is 21.3 Å². The molecule has 0 spiro atoms. The Morgan fingerprint density at radius 3 is 0.810 bits per heavy atom. The molecule has 0 aliphatic carbocycles. The largest absolute Gasteiger partial charge is 0.668 e. The molecule has 0 atom stereocenters. The van der Waals surface area contributed by atoms with Gasteiger partial charge in [-0.05, 0) is 41.3 Å². The topological polar surface area (TPSA) is 62.9 Å². The van der Waals surface area contributed by atoms with E-state index in [1.165, 1.54) is 0 Å². The number of rotatable bonds is 6. The van der Waals surface area contributed by atoms with Crippen molar-refractivity contribution in [2.75, 3.05) is 96.7 Å². The van der Waals surface area contributed by atoms with Gasteiger partial charge in [0.25, 0.3) is 0 Å². The Balaban J connectivity index is -0.0000000576. The molecule has 0 aliphatic rings. The van der Waals surface area contributed by atoms with E-state index >= 15 is 0 Å². The fourth-order valence-electron chi connectivity index (χ4n) is 0.600. The van der Waals surface area contributed by atoms with Crippen LogP contribution in [0.15, 0.2) is 0 Å². The van der Waals surface area contributed by atoms with E-state index in [2.05, 4.69) is 31.1 Å². The summed E-state index contributed by atoms with van der Waals surface area (Å²) in [5, 5.41) is 14.9. The Kier molecular flexibility index (Phi) is 58.5. The van der Waals surface area contributed by atoms with Crippen molar-refractivity contribution in [3.63, 3.8) is 0 Å². The van der Waals surface area contributed by atoms with E-state index in [0.29, 0.717) is 0 Å². The molecule has 0 unspecified atom stereocenters. The molecule has 0 heterocycles. The molecule has 21 heavy (non-hydrogen) atoms. The third-order valence-electron chi connectivity index (χ3n) is 1.54. The Bertz CT molecular complexity index is 112. The molecule has 0 amide bonds. The maximum atomic E-state index is 3.93. The molecule has 0 saturated carbocycles. The molecule has 0 fully saturated rings. The van der Waals surface area contributed by atoms with E-state index in [4.69, 9.17) is 0 Å². The van der Waals surface area contributed by atoms with Crippen LogP contribution < -0.4 is 0 Å². The third-order valence-corrected chi connectivity index (χ3v) is 1.54. The van der Waals surface area contributed by atoms with Crippen molar-refractivity contribution in [1.82, 2.24) is 9.80 Å². The SMILES string of the molecule is C[N-]C.C[N-]C.C[N-]CCN(C)C.C[N-]CCN(C)C.[Ti]. The van der Waals surface area contributed by atoms with Crippen LogP contribution in [0.2, 0.25) is 0 Å². The average Bonchev–Trinajstić information content (AvgIpc) is 2.36. The van der Waals surface area contributed by atoms with Crippen molar-refractivity contribution >= 4 is 0 Å². The van der Waals surface area contributed by atoms with E-state index in [1.54, 1.807) is 28.2 Å². The van der Waals surface area contributed by atoms with Crippen molar-refractivity contribution in [3.8, 4) is 0 Å². The molecule has 0 aromatic carbocycles. The Hall–Kier alpha value is 0.474. The van der Waals surface area contributed by atoms with Crippen molar-refractivity contribution < 1.29 is 21.7 Å². The van der Waals surface area contributed by atoms with Crippen molar-refractivity contribution in [2.45, 2.75) is 0 Å². The van der Waals surface area contributed by atoms with Gasteiger partial charge in [-0.3, -0.25) is 0 Å². The molecule has 0 saturated heterocycles. The normalized spacial score (nSPS) is 8.57. The van der Waals surface area contributed by atoms with Gasteiger partial charge in [0, 0.05) is 21.7 Å². The van der Waals surface area contributed by atoms with Crippen LogP contribution in [0.3, 0.4) is 0 Å². The molecule has 0 N–H and O–H groups in total. The predicted molar refractivity (Wildman–Crippen MR) is 95.8 cm³/mol. The van der Waals surface area contributed by atoms with E-state index < -0.39 is 0 Å². The molecule has 0 radical (unpaired) electrons. The monoisotopic (exact) mass is 338 g/mol. The van der Waals surface area contributed by atoms with Gasteiger partial charge in [-0.25, -0.2) is 0 Å². The summed E-state index contributed by atoms with van der Waals surface area (Å²) >= 11 is 0. The molecular weight excluding hydrogens is 300 g/mol. The summed E-state index contributed by atoms with van der Waals surface area (Å²) in [6.45, 7) is 4.03. The van der Waals surface area contributed by atoms with Gasteiger partial charge in [0.1, 0.15) is 0 Å². The second-order valence-corrected chi connectivity index (χ2v) is 4.58. The fraction of sp³-hybridized carbons (Fsp3) is 1.00. The summed E-state index contributed by atoms with van der Waals surface area (Å²) in [5.74, 6) is 0. The summed E-state index contributed by atoms with van der Waals surface area (Å²) in [6.07, 6.45) is 0. The second kappa shape index (κ2) is 37.1. The van der Waals surface area contributed by atoms with Crippen LogP contribution in [-0.4, -0.2) is 106 Å². The van der Waals surface area contributed by atoms with Crippen LogP contribution in [0.5, 0.6) is 0 Å². The van der Waals surface area contributed by atoms with Gasteiger partial charge >= 0.3 is 0 Å². The Labute approximate surface area is 149 Å². The summed E-state index contributed by atoms with van der Waals surface area (Å²) in [7, 11) is 18.9. The molecule has 0 rings (SSSR count). The maximum absolute atomic E-state index is 3.93. The molecule has 0 aromatic rings. The number of hydrogen-bond donors (Lipinski definition) is 0. The zero-order valence-electron chi connectivity index (χ0n) is 16.0. The number of nitrogens with zero attached hydrogens (tertiary/aromatic N) is 6. The summed E-state index contributed by atoms with van der Waals surface area (Å²) in [5.41, 5.74) is 0. The summed E-state index contributed by atoms with van der Waals surface area (Å²) in [6, 6.07) is 0. The van der Waals surface area contributed by atoms with E-state index in [1.807, 2.05) is 42.3 Å². The molecule has 7 heteroatoms. The first-order valence-electron chi connectivity index (χ1n) is 6.74. The second-order valence-electron chi connectivity index (χ2n) is 4.58.